The molecule has 266 valence electrons. The highest BCUT2D eigenvalue weighted by molar-refractivity contribution is 5.74. The molecule has 0 N–H and O–H groups in total. The van der Waals surface area contributed by atoms with E-state index in [4.69, 9.17) is 14.2 Å². The van der Waals surface area contributed by atoms with Gasteiger partial charge < -0.3 is 14.2 Å². The number of esters is 1. The fourth-order valence-corrected chi connectivity index (χ4v) is 5.64. The lowest BCUT2D eigenvalue weighted by Crippen LogP contribution is -2.32. The molecule has 0 fully saturated rings. The van der Waals surface area contributed by atoms with Gasteiger partial charge in [-0.1, -0.05) is 154 Å². The summed E-state index contributed by atoms with van der Waals surface area (Å²) in [6.07, 6.45) is 45.2. The standard InChI is InChI=1S/C41H78O4/c1-4-7-9-11-13-15-17-19-21-23-25-27-29-31-33-35-37-43-39-40(41(42)44-6-3)45-38-36-34-32-30-28-26-24-22-20-18-16-14-12-10-8-5-2/h19-22,40H,4-18,23-39H2,1-3H3/b21-19-,22-20-. The summed E-state index contributed by atoms with van der Waals surface area (Å²) in [5, 5.41) is 0. The third-order valence-corrected chi connectivity index (χ3v) is 8.59. The molecule has 0 saturated carbocycles. The van der Waals surface area contributed by atoms with Crippen molar-refractivity contribution in [3.8, 4) is 0 Å². The van der Waals surface area contributed by atoms with Crippen LogP contribution in [0.5, 0.6) is 0 Å². The van der Waals surface area contributed by atoms with Gasteiger partial charge >= 0.3 is 5.97 Å². The molecule has 0 spiro atoms. The van der Waals surface area contributed by atoms with Crippen LogP contribution in [-0.4, -0.2) is 38.5 Å². The quantitative estimate of drug-likeness (QED) is 0.0387. The van der Waals surface area contributed by atoms with E-state index in [1.807, 2.05) is 6.92 Å². The maximum atomic E-state index is 12.3. The number of carbonyl (C=O) groups is 1. The van der Waals surface area contributed by atoms with Gasteiger partial charge in [0.15, 0.2) is 6.10 Å². The van der Waals surface area contributed by atoms with Gasteiger partial charge in [0.2, 0.25) is 0 Å². The first-order chi connectivity index (χ1) is 22.3. The van der Waals surface area contributed by atoms with Crippen molar-refractivity contribution in [2.75, 3.05) is 26.4 Å². The van der Waals surface area contributed by atoms with Crippen molar-refractivity contribution in [3.05, 3.63) is 24.3 Å². The van der Waals surface area contributed by atoms with E-state index in [0.717, 1.165) is 19.3 Å². The predicted molar refractivity (Wildman–Crippen MR) is 196 cm³/mol. The highest BCUT2D eigenvalue weighted by atomic mass is 16.6. The molecule has 0 amide bonds. The van der Waals surface area contributed by atoms with E-state index in [0.29, 0.717) is 26.4 Å². The molecule has 0 bridgehead atoms. The Morgan fingerprint density at radius 2 is 0.822 bits per heavy atom. The van der Waals surface area contributed by atoms with Crippen molar-refractivity contribution in [3.63, 3.8) is 0 Å². The zero-order valence-corrected chi connectivity index (χ0v) is 30.6. The normalized spacial score (nSPS) is 12.5. The van der Waals surface area contributed by atoms with Crippen molar-refractivity contribution in [2.45, 2.75) is 207 Å². The maximum absolute atomic E-state index is 12.3. The van der Waals surface area contributed by atoms with E-state index in [1.54, 1.807) is 0 Å². The number of rotatable bonds is 37. The molecular weight excluding hydrogens is 556 g/mol. The van der Waals surface area contributed by atoms with Gasteiger partial charge in [0.25, 0.3) is 0 Å². The van der Waals surface area contributed by atoms with Gasteiger partial charge in [0.05, 0.1) is 13.2 Å². The Balaban J connectivity index is 3.63. The molecule has 0 aromatic heterocycles. The smallest absolute Gasteiger partial charge is 0.337 e. The summed E-state index contributed by atoms with van der Waals surface area (Å²) in [6, 6.07) is 0. The Hall–Kier alpha value is -1.13. The largest absolute Gasteiger partial charge is 0.464 e. The van der Waals surface area contributed by atoms with Crippen LogP contribution in [0.25, 0.3) is 0 Å². The molecule has 1 atom stereocenters. The number of hydrogen-bond acceptors (Lipinski definition) is 4. The van der Waals surface area contributed by atoms with Gasteiger partial charge in [0.1, 0.15) is 0 Å². The van der Waals surface area contributed by atoms with Crippen LogP contribution in [0.1, 0.15) is 201 Å². The molecule has 0 heterocycles. The highest BCUT2D eigenvalue weighted by Crippen LogP contribution is 2.12. The zero-order chi connectivity index (χ0) is 32.7. The van der Waals surface area contributed by atoms with Gasteiger partial charge in [-0.3, -0.25) is 0 Å². The topological polar surface area (TPSA) is 44.8 Å². The maximum Gasteiger partial charge on any atom is 0.337 e. The summed E-state index contributed by atoms with van der Waals surface area (Å²) in [6.45, 7) is 8.36. The highest BCUT2D eigenvalue weighted by Gasteiger charge is 2.20. The summed E-state index contributed by atoms with van der Waals surface area (Å²) in [4.78, 5) is 12.3. The monoisotopic (exact) mass is 635 g/mol. The van der Waals surface area contributed by atoms with E-state index in [-0.39, 0.29) is 5.97 Å². The van der Waals surface area contributed by atoms with Gasteiger partial charge in [-0.2, -0.15) is 0 Å². The fraction of sp³-hybridized carbons (Fsp3) is 0.878. The Morgan fingerprint density at radius 1 is 0.467 bits per heavy atom. The molecule has 0 aliphatic rings. The zero-order valence-electron chi connectivity index (χ0n) is 30.6. The van der Waals surface area contributed by atoms with Crippen molar-refractivity contribution in [2.24, 2.45) is 0 Å². The van der Waals surface area contributed by atoms with Gasteiger partial charge in [-0.25, -0.2) is 4.79 Å². The van der Waals surface area contributed by atoms with E-state index < -0.39 is 6.10 Å². The molecule has 0 saturated heterocycles. The Kier molecular flexibility index (Phi) is 38.1. The van der Waals surface area contributed by atoms with Crippen LogP contribution < -0.4 is 0 Å². The lowest BCUT2D eigenvalue weighted by Gasteiger charge is -2.16. The molecule has 0 aromatic carbocycles. The summed E-state index contributed by atoms with van der Waals surface area (Å²) >= 11 is 0. The van der Waals surface area contributed by atoms with E-state index in [1.165, 1.54) is 161 Å². The average Bonchev–Trinajstić information content (AvgIpc) is 3.04. The first-order valence-corrected chi connectivity index (χ1v) is 19.9. The number of hydrogen-bond donors (Lipinski definition) is 0. The number of ether oxygens (including phenoxy) is 3. The van der Waals surface area contributed by atoms with Crippen LogP contribution >= 0.6 is 0 Å². The predicted octanol–water partition coefficient (Wildman–Crippen LogP) is 13.0. The number of allylic oxidation sites excluding steroid dienone is 4. The first-order valence-electron chi connectivity index (χ1n) is 19.9. The number of carbonyl (C=O) groups excluding carboxylic acids is 1. The van der Waals surface area contributed by atoms with Crippen LogP contribution in [0.2, 0.25) is 0 Å². The molecular formula is C41H78O4. The molecule has 0 aromatic rings. The van der Waals surface area contributed by atoms with E-state index >= 15 is 0 Å². The lowest BCUT2D eigenvalue weighted by atomic mass is 10.1. The summed E-state index contributed by atoms with van der Waals surface area (Å²) in [5.41, 5.74) is 0. The van der Waals surface area contributed by atoms with Crippen molar-refractivity contribution >= 4 is 5.97 Å². The molecule has 4 heteroatoms. The second-order valence-electron chi connectivity index (χ2n) is 13.1. The lowest BCUT2D eigenvalue weighted by molar-refractivity contribution is -0.161. The molecule has 45 heavy (non-hydrogen) atoms. The molecule has 0 aliphatic heterocycles. The van der Waals surface area contributed by atoms with Gasteiger partial charge in [-0.05, 0) is 71.1 Å². The summed E-state index contributed by atoms with van der Waals surface area (Å²) < 4.78 is 16.9. The second-order valence-corrected chi connectivity index (χ2v) is 13.1. The summed E-state index contributed by atoms with van der Waals surface area (Å²) in [5.74, 6) is -0.289. The van der Waals surface area contributed by atoms with Crippen LogP contribution in [0, 0.1) is 0 Å². The van der Waals surface area contributed by atoms with Crippen LogP contribution in [0.15, 0.2) is 24.3 Å². The fourth-order valence-electron chi connectivity index (χ4n) is 5.64. The SMILES string of the molecule is CCCCCCCC/C=C\CCCCCCCCOCC(OCCCCCCCC/C=C\CCCCCCCC)C(=O)OCC. The molecule has 0 aliphatic carbocycles. The number of unbranched alkanes of at least 4 members (excludes halogenated alkanes) is 24. The average molecular weight is 635 g/mol. The van der Waals surface area contributed by atoms with Gasteiger partial charge in [-0.15, -0.1) is 0 Å². The first kappa shape index (κ1) is 43.9. The minimum atomic E-state index is -0.595. The van der Waals surface area contributed by atoms with Crippen LogP contribution in [-0.2, 0) is 19.0 Å². The van der Waals surface area contributed by atoms with Crippen LogP contribution in [0.4, 0.5) is 0 Å². The van der Waals surface area contributed by atoms with E-state index in [9.17, 15) is 4.79 Å². The Morgan fingerprint density at radius 3 is 1.22 bits per heavy atom. The minimum absolute atomic E-state index is 0.289. The molecule has 0 radical (unpaired) electrons. The Bertz CT molecular complexity index is 629. The summed E-state index contributed by atoms with van der Waals surface area (Å²) in [7, 11) is 0. The van der Waals surface area contributed by atoms with Crippen molar-refractivity contribution in [1.82, 2.24) is 0 Å². The third kappa shape index (κ3) is 35.6. The minimum Gasteiger partial charge on any atom is -0.464 e. The third-order valence-electron chi connectivity index (χ3n) is 8.59. The Labute approximate surface area is 281 Å². The van der Waals surface area contributed by atoms with Crippen molar-refractivity contribution in [1.29, 1.82) is 0 Å². The van der Waals surface area contributed by atoms with Crippen molar-refractivity contribution < 1.29 is 19.0 Å². The molecule has 1 unspecified atom stereocenters. The second kappa shape index (κ2) is 39.1. The van der Waals surface area contributed by atoms with E-state index in [2.05, 4.69) is 38.2 Å². The molecule has 4 nitrogen and oxygen atoms in total. The van der Waals surface area contributed by atoms with Crippen LogP contribution in [0.3, 0.4) is 0 Å². The molecule has 0 rings (SSSR count). The van der Waals surface area contributed by atoms with Gasteiger partial charge in [0, 0.05) is 13.2 Å².